The van der Waals surface area contributed by atoms with E-state index < -0.39 is 0 Å². The van der Waals surface area contributed by atoms with Crippen molar-refractivity contribution in [2.75, 3.05) is 13.1 Å². The van der Waals surface area contributed by atoms with E-state index in [1.165, 1.54) is 11.3 Å². The van der Waals surface area contributed by atoms with Crippen molar-refractivity contribution < 1.29 is 9.53 Å². The number of aromatic nitrogens is 2. The molecule has 2 aromatic heterocycles. The van der Waals surface area contributed by atoms with Gasteiger partial charge in [-0.05, 0) is 23.9 Å². The minimum Gasteiger partial charge on any atom is -0.471 e. The quantitative estimate of drug-likeness (QED) is 0.868. The van der Waals surface area contributed by atoms with Crippen LogP contribution in [0.2, 0.25) is 0 Å². The number of aryl methyl sites for hydroxylation is 1. The van der Waals surface area contributed by atoms with Gasteiger partial charge in [-0.25, -0.2) is 4.98 Å². The van der Waals surface area contributed by atoms with E-state index in [4.69, 9.17) is 4.74 Å². The summed E-state index contributed by atoms with van der Waals surface area (Å²) in [7, 11) is 0. The van der Waals surface area contributed by atoms with E-state index in [9.17, 15) is 4.79 Å². The summed E-state index contributed by atoms with van der Waals surface area (Å²) in [5.41, 5.74) is 1.13. The van der Waals surface area contributed by atoms with Crippen LogP contribution in [0.5, 0.6) is 5.88 Å². The molecule has 6 heteroatoms. The minimum atomic E-state index is -0.00305. The summed E-state index contributed by atoms with van der Waals surface area (Å²) in [5, 5.41) is 2.00. The molecule has 3 heterocycles. The zero-order valence-electron chi connectivity index (χ0n) is 11.2. The summed E-state index contributed by atoms with van der Waals surface area (Å²) in [6.07, 6.45) is 5.62. The van der Waals surface area contributed by atoms with Crippen molar-refractivity contribution in [3.05, 3.63) is 40.5 Å². The largest absolute Gasteiger partial charge is 0.471 e. The molecule has 0 aromatic carbocycles. The van der Waals surface area contributed by atoms with E-state index >= 15 is 0 Å². The van der Waals surface area contributed by atoms with Gasteiger partial charge in [0.1, 0.15) is 6.10 Å². The second-order valence-electron chi connectivity index (χ2n) is 4.81. The van der Waals surface area contributed by atoms with Crippen molar-refractivity contribution >= 4 is 17.2 Å². The molecule has 1 aliphatic rings. The van der Waals surface area contributed by atoms with Crippen molar-refractivity contribution in [3.8, 4) is 5.88 Å². The Morgan fingerprint density at radius 2 is 2.40 bits per heavy atom. The number of hydrogen-bond acceptors (Lipinski definition) is 5. The van der Waals surface area contributed by atoms with Crippen molar-refractivity contribution in [1.82, 2.24) is 14.9 Å². The number of ether oxygens (including phenoxy) is 1. The highest BCUT2D eigenvalue weighted by Gasteiger charge is 2.29. The lowest BCUT2D eigenvalue weighted by Crippen LogP contribution is -2.30. The number of likely N-dealkylation sites (tertiary alicyclic amines) is 1. The Morgan fingerprint density at radius 3 is 3.10 bits per heavy atom. The molecule has 1 amide bonds. The summed E-state index contributed by atoms with van der Waals surface area (Å²) < 4.78 is 5.73. The Kier molecular flexibility index (Phi) is 3.64. The topological polar surface area (TPSA) is 55.3 Å². The molecule has 0 spiro atoms. The molecule has 0 radical (unpaired) electrons. The Hall–Kier alpha value is -1.95. The summed E-state index contributed by atoms with van der Waals surface area (Å²) in [5.74, 6) is 0.604. The van der Waals surface area contributed by atoms with Gasteiger partial charge in [-0.1, -0.05) is 0 Å². The molecule has 3 rings (SSSR count). The van der Waals surface area contributed by atoms with Gasteiger partial charge in [-0.15, -0.1) is 11.3 Å². The molecular formula is C14H15N3O2S. The highest BCUT2D eigenvalue weighted by atomic mass is 32.1. The first-order valence-corrected chi connectivity index (χ1v) is 7.37. The molecule has 0 bridgehead atoms. The maximum Gasteiger partial charge on any atom is 0.264 e. The first kappa shape index (κ1) is 13.1. The molecule has 0 aliphatic carbocycles. The number of thiophene rings is 1. The molecule has 1 saturated heterocycles. The predicted octanol–water partition coefficient (Wildman–Crippen LogP) is 2.14. The van der Waals surface area contributed by atoms with Crippen LogP contribution in [-0.2, 0) is 0 Å². The van der Waals surface area contributed by atoms with Crippen LogP contribution in [0, 0.1) is 6.92 Å². The molecule has 20 heavy (non-hydrogen) atoms. The van der Waals surface area contributed by atoms with Crippen LogP contribution < -0.4 is 4.74 Å². The predicted molar refractivity (Wildman–Crippen MR) is 76.0 cm³/mol. The molecule has 1 aliphatic heterocycles. The van der Waals surface area contributed by atoms with Gasteiger partial charge in [-0.2, -0.15) is 0 Å². The fourth-order valence-electron chi connectivity index (χ4n) is 2.23. The summed E-state index contributed by atoms with van der Waals surface area (Å²) in [6, 6.07) is 1.93. The summed E-state index contributed by atoms with van der Waals surface area (Å²) in [6.45, 7) is 3.32. The van der Waals surface area contributed by atoms with Crippen LogP contribution >= 0.6 is 11.3 Å². The lowest BCUT2D eigenvalue weighted by molar-refractivity contribution is 0.0776. The minimum absolute atomic E-state index is 0.00305. The van der Waals surface area contributed by atoms with Gasteiger partial charge >= 0.3 is 0 Å². The van der Waals surface area contributed by atoms with E-state index in [1.807, 2.05) is 23.3 Å². The molecule has 1 fully saturated rings. The number of amides is 1. The van der Waals surface area contributed by atoms with E-state index in [2.05, 4.69) is 9.97 Å². The number of carbonyl (C=O) groups excluding carboxylic acids is 1. The van der Waals surface area contributed by atoms with Gasteiger partial charge in [0.15, 0.2) is 0 Å². The SMILES string of the molecule is Cc1csc(C(=O)N2CCC(Oc3cnccn3)C2)c1. The number of rotatable bonds is 3. The Morgan fingerprint density at radius 1 is 1.50 bits per heavy atom. The standard InChI is InChI=1S/C14H15N3O2S/c1-10-6-12(20-9-10)14(18)17-5-2-11(8-17)19-13-7-15-3-4-16-13/h3-4,6-7,9,11H,2,5,8H2,1H3. The smallest absolute Gasteiger partial charge is 0.264 e. The van der Waals surface area contributed by atoms with Crippen molar-refractivity contribution in [2.24, 2.45) is 0 Å². The normalized spacial score (nSPS) is 18.2. The highest BCUT2D eigenvalue weighted by molar-refractivity contribution is 7.12. The molecule has 0 saturated carbocycles. The maximum atomic E-state index is 12.3. The molecule has 5 nitrogen and oxygen atoms in total. The van der Waals surface area contributed by atoms with Crippen LogP contribution in [0.3, 0.4) is 0 Å². The van der Waals surface area contributed by atoms with E-state index in [1.54, 1.807) is 18.6 Å². The summed E-state index contributed by atoms with van der Waals surface area (Å²) in [4.78, 5) is 23.0. The summed E-state index contributed by atoms with van der Waals surface area (Å²) >= 11 is 1.50. The van der Waals surface area contributed by atoms with Crippen LogP contribution in [0.15, 0.2) is 30.0 Å². The Balaban J connectivity index is 1.61. The average Bonchev–Trinajstić information content (AvgIpc) is 3.08. The lowest BCUT2D eigenvalue weighted by Gasteiger charge is -2.15. The second kappa shape index (κ2) is 5.58. The third-order valence-corrected chi connectivity index (χ3v) is 4.24. The lowest BCUT2D eigenvalue weighted by atomic mass is 10.3. The second-order valence-corrected chi connectivity index (χ2v) is 5.72. The van der Waals surface area contributed by atoms with Crippen molar-refractivity contribution in [3.63, 3.8) is 0 Å². The number of carbonyl (C=O) groups is 1. The van der Waals surface area contributed by atoms with Gasteiger partial charge < -0.3 is 9.64 Å². The third kappa shape index (κ3) is 2.80. The van der Waals surface area contributed by atoms with Crippen molar-refractivity contribution in [1.29, 1.82) is 0 Å². The first-order chi connectivity index (χ1) is 9.72. The molecule has 1 atom stereocenters. The van der Waals surface area contributed by atoms with Gasteiger partial charge in [-0.3, -0.25) is 9.78 Å². The van der Waals surface area contributed by atoms with Crippen LogP contribution in [0.4, 0.5) is 0 Å². The Labute approximate surface area is 121 Å². The van der Waals surface area contributed by atoms with Crippen LogP contribution in [0.25, 0.3) is 0 Å². The zero-order valence-corrected chi connectivity index (χ0v) is 12.0. The van der Waals surface area contributed by atoms with E-state index in [0.717, 1.165) is 23.4 Å². The first-order valence-electron chi connectivity index (χ1n) is 6.49. The molecule has 1 unspecified atom stereocenters. The van der Waals surface area contributed by atoms with E-state index in [0.29, 0.717) is 12.4 Å². The fraction of sp³-hybridized carbons (Fsp3) is 0.357. The van der Waals surface area contributed by atoms with Crippen LogP contribution in [-0.4, -0.2) is 40.0 Å². The molecular weight excluding hydrogens is 274 g/mol. The molecule has 0 N–H and O–H groups in total. The van der Waals surface area contributed by atoms with Gasteiger partial charge in [0.25, 0.3) is 5.91 Å². The zero-order chi connectivity index (χ0) is 13.9. The molecule has 2 aromatic rings. The van der Waals surface area contributed by atoms with Gasteiger partial charge in [0.2, 0.25) is 5.88 Å². The van der Waals surface area contributed by atoms with Gasteiger partial charge in [0.05, 0.1) is 17.6 Å². The monoisotopic (exact) mass is 289 g/mol. The van der Waals surface area contributed by atoms with Crippen molar-refractivity contribution in [2.45, 2.75) is 19.4 Å². The van der Waals surface area contributed by atoms with E-state index in [-0.39, 0.29) is 12.0 Å². The van der Waals surface area contributed by atoms with Gasteiger partial charge in [0, 0.05) is 25.4 Å². The fourth-order valence-corrected chi connectivity index (χ4v) is 3.09. The Bertz CT molecular complexity index is 599. The number of nitrogens with zero attached hydrogens (tertiary/aromatic N) is 3. The maximum absolute atomic E-state index is 12.3. The molecule has 104 valence electrons. The number of hydrogen-bond donors (Lipinski definition) is 0. The van der Waals surface area contributed by atoms with Crippen LogP contribution in [0.1, 0.15) is 21.7 Å². The third-order valence-electron chi connectivity index (χ3n) is 3.20. The average molecular weight is 289 g/mol. The highest BCUT2D eigenvalue weighted by Crippen LogP contribution is 2.21.